The first-order chi connectivity index (χ1) is 17.9. The smallest absolute Gasteiger partial charge is 0.310 e. The van der Waals surface area contributed by atoms with E-state index in [1.165, 1.54) is 0 Å². The Kier molecular flexibility index (Phi) is 11.6. The third kappa shape index (κ3) is 6.30. The number of esters is 1. The number of fused-ring (bicyclic) bond motifs is 1. The molecule has 0 radical (unpaired) electrons. The Morgan fingerprint density at radius 1 is 1.22 bits per heavy atom. The molecule has 6 atom stereocenters. The first-order valence-electron chi connectivity index (χ1n) is 13.8. The Morgan fingerprint density at radius 2 is 2.00 bits per heavy atom. The van der Waals surface area contributed by atoms with Crippen molar-refractivity contribution in [2.75, 3.05) is 32.8 Å². The molecule has 0 aromatic rings. The lowest BCUT2D eigenvalue weighted by Crippen LogP contribution is -2.55. The molecular formula is C28H43BrN2O5S. The minimum absolute atomic E-state index is 0.0282. The molecule has 3 heterocycles. The fourth-order valence-electron chi connectivity index (χ4n) is 6.15. The third-order valence-electron chi connectivity index (χ3n) is 7.84. The van der Waals surface area contributed by atoms with Crippen molar-refractivity contribution in [1.29, 1.82) is 0 Å². The van der Waals surface area contributed by atoms with Crippen molar-refractivity contribution < 1.29 is 24.2 Å². The van der Waals surface area contributed by atoms with Crippen LogP contribution in [0.4, 0.5) is 0 Å². The lowest BCUT2D eigenvalue weighted by atomic mass is 9.71. The van der Waals surface area contributed by atoms with Crippen LogP contribution in [-0.4, -0.2) is 86.4 Å². The van der Waals surface area contributed by atoms with E-state index >= 15 is 0 Å². The topological polar surface area (TPSA) is 87.1 Å². The second-order valence-corrected chi connectivity index (χ2v) is 13.1. The number of amides is 2. The number of allylic oxidation sites excluding steroid dienone is 1. The summed E-state index contributed by atoms with van der Waals surface area (Å²) in [6, 6.07) is -0.634. The molecule has 3 saturated heterocycles. The number of carbonyl (C=O) groups excluding carboxylic acids is 3. The summed E-state index contributed by atoms with van der Waals surface area (Å²) in [6.45, 7) is 11.5. The second-order valence-electron chi connectivity index (χ2n) is 10.4. The predicted octanol–water partition coefficient (Wildman–Crippen LogP) is 4.33. The molecule has 0 saturated carbocycles. The van der Waals surface area contributed by atoms with Crippen molar-refractivity contribution in [2.45, 2.75) is 85.6 Å². The molecule has 208 valence electrons. The van der Waals surface area contributed by atoms with Gasteiger partial charge in [0.2, 0.25) is 11.8 Å². The first-order valence-corrected chi connectivity index (χ1v) is 15.6. The van der Waals surface area contributed by atoms with Gasteiger partial charge in [0.05, 0.1) is 23.2 Å². The zero-order valence-corrected chi connectivity index (χ0v) is 24.5. The standard InChI is InChI=1S/C28H43BrN2O5S/c1-4-7-9-13-18-36-27(35)21-22-25(33)31(16-11-12-17-32)24(28(22)19-20(29)23(21)37-28)26(34)30(14-6-3)15-10-8-5-2/h4,6,20-24,32H,1,3,5,7-19H2,2H3/t20?,21-,22-,23-,24?,28?/m0/s1. The summed E-state index contributed by atoms with van der Waals surface area (Å²) >= 11 is 5.44. The minimum atomic E-state index is -0.664. The van der Waals surface area contributed by atoms with Crippen molar-refractivity contribution in [2.24, 2.45) is 11.8 Å². The van der Waals surface area contributed by atoms with Crippen LogP contribution in [-0.2, 0) is 19.1 Å². The number of rotatable bonds is 17. The number of likely N-dealkylation sites (tertiary alicyclic amines) is 1. The summed E-state index contributed by atoms with van der Waals surface area (Å²) in [6.07, 6.45) is 10.9. The van der Waals surface area contributed by atoms with Gasteiger partial charge in [0.25, 0.3) is 0 Å². The van der Waals surface area contributed by atoms with Crippen molar-refractivity contribution in [3.8, 4) is 0 Å². The summed E-state index contributed by atoms with van der Waals surface area (Å²) in [5.41, 5.74) is 0. The van der Waals surface area contributed by atoms with Gasteiger partial charge in [0.15, 0.2) is 0 Å². The van der Waals surface area contributed by atoms with Crippen molar-refractivity contribution in [3.63, 3.8) is 0 Å². The number of unbranched alkanes of at least 4 members (excludes halogenated alkanes) is 5. The van der Waals surface area contributed by atoms with Gasteiger partial charge in [-0.3, -0.25) is 14.4 Å². The molecule has 1 spiro atoms. The van der Waals surface area contributed by atoms with Gasteiger partial charge in [-0.2, -0.15) is 0 Å². The molecule has 3 rings (SSSR count). The van der Waals surface area contributed by atoms with E-state index in [9.17, 15) is 19.5 Å². The Morgan fingerprint density at radius 3 is 2.68 bits per heavy atom. The Balaban J connectivity index is 1.89. The predicted molar refractivity (Wildman–Crippen MR) is 152 cm³/mol. The number of thioether (sulfide) groups is 1. The second kappa shape index (κ2) is 14.2. The van der Waals surface area contributed by atoms with Gasteiger partial charge in [-0.05, 0) is 44.9 Å². The molecule has 3 fully saturated rings. The van der Waals surface area contributed by atoms with Gasteiger partial charge >= 0.3 is 5.97 Å². The van der Waals surface area contributed by atoms with Crippen LogP contribution in [0.25, 0.3) is 0 Å². The average Bonchev–Trinajstić information content (AvgIpc) is 3.46. The number of hydrogen-bond donors (Lipinski definition) is 1. The molecule has 0 aliphatic carbocycles. The van der Waals surface area contributed by atoms with E-state index in [0.717, 1.165) is 38.5 Å². The zero-order valence-electron chi connectivity index (χ0n) is 22.1. The van der Waals surface area contributed by atoms with Crippen LogP contribution < -0.4 is 0 Å². The van der Waals surface area contributed by atoms with Crippen LogP contribution >= 0.6 is 27.7 Å². The first kappa shape index (κ1) is 30.2. The average molecular weight is 600 g/mol. The lowest BCUT2D eigenvalue weighted by molar-refractivity contribution is -0.154. The molecule has 2 bridgehead atoms. The summed E-state index contributed by atoms with van der Waals surface area (Å²) in [7, 11) is 0. The Labute approximate surface area is 234 Å². The fraction of sp³-hybridized carbons (Fsp3) is 0.750. The maximum Gasteiger partial charge on any atom is 0.310 e. The Bertz CT molecular complexity index is 841. The molecule has 1 N–H and O–H groups in total. The number of nitrogens with zero attached hydrogens (tertiary/aromatic N) is 2. The number of ether oxygens (including phenoxy) is 1. The van der Waals surface area contributed by atoms with E-state index in [4.69, 9.17) is 4.74 Å². The van der Waals surface area contributed by atoms with Gasteiger partial charge in [0.1, 0.15) is 6.04 Å². The van der Waals surface area contributed by atoms with Crippen molar-refractivity contribution in [3.05, 3.63) is 25.3 Å². The van der Waals surface area contributed by atoms with E-state index in [0.29, 0.717) is 45.5 Å². The van der Waals surface area contributed by atoms with Crippen LogP contribution in [0.5, 0.6) is 0 Å². The number of halogens is 1. The number of aliphatic hydroxyl groups is 1. The van der Waals surface area contributed by atoms with Crippen LogP contribution in [0.15, 0.2) is 25.3 Å². The van der Waals surface area contributed by atoms with Crippen LogP contribution in [0, 0.1) is 11.8 Å². The third-order valence-corrected chi connectivity index (χ3v) is 11.1. The van der Waals surface area contributed by atoms with Gasteiger partial charge in [-0.25, -0.2) is 0 Å². The summed E-state index contributed by atoms with van der Waals surface area (Å²) in [5, 5.41) is 9.24. The normalized spacial score (nSPS) is 29.9. The fourth-order valence-corrected chi connectivity index (χ4v) is 9.74. The molecule has 37 heavy (non-hydrogen) atoms. The maximum absolute atomic E-state index is 14.2. The minimum Gasteiger partial charge on any atom is -0.465 e. The van der Waals surface area contributed by atoms with Crippen LogP contribution in [0.3, 0.4) is 0 Å². The highest BCUT2D eigenvalue weighted by atomic mass is 79.9. The lowest BCUT2D eigenvalue weighted by Gasteiger charge is -2.38. The zero-order chi connectivity index (χ0) is 27.0. The molecule has 2 amide bonds. The van der Waals surface area contributed by atoms with Crippen molar-refractivity contribution in [1.82, 2.24) is 9.80 Å². The maximum atomic E-state index is 14.2. The van der Waals surface area contributed by atoms with E-state index in [-0.39, 0.29) is 34.5 Å². The highest BCUT2D eigenvalue weighted by Crippen LogP contribution is 2.68. The summed E-state index contributed by atoms with van der Waals surface area (Å²) in [4.78, 5) is 45.1. The van der Waals surface area contributed by atoms with Gasteiger partial charge in [0, 0.05) is 36.3 Å². The number of alkyl halides is 1. The highest BCUT2D eigenvalue weighted by Gasteiger charge is 2.76. The van der Waals surface area contributed by atoms with E-state index in [2.05, 4.69) is 36.0 Å². The molecule has 3 aliphatic rings. The molecular weight excluding hydrogens is 556 g/mol. The molecule has 7 nitrogen and oxygen atoms in total. The largest absolute Gasteiger partial charge is 0.465 e. The molecule has 3 unspecified atom stereocenters. The summed E-state index contributed by atoms with van der Waals surface area (Å²) < 4.78 is 5.02. The highest BCUT2D eigenvalue weighted by molar-refractivity contribution is 9.09. The van der Waals surface area contributed by atoms with Gasteiger partial charge in [-0.15, -0.1) is 24.9 Å². The molecule has 3 aliphatic heterocycles. The number of aliphatic hydroxyl groups excluding tert-OH is 1. The number of carbonyl (C=O) groups is 3. The SMILES string of the molecule is C=CCCCCOC(=O)[C@H]1[C@H]2C(=O)N(CCCCO)C(C(=O)N(CC=C)CCCCC)C23CC(Br)[C@@H]1S3. The molecule has 0 aromatic carbocycles. The quantitative estimate of drug-likeness (QED) is 0.116. The van der Waals surface area contributed by atoms with Gasteiger partial charge < -0.3 is 19.6 Å². The summed E-state index contributed by atoms with van der Waals surface area (Å²) in [5.74, 6) is -1.63. The van der Waals surface area contributed by atoms with E-state index < -0.39 is 22.6 Å². The van der Waals surface area contributed by atoms with E-state index in [1.54, 1.807) is 22.7 Å². The van der Waals surface area contributed by atoms with E-state index in [1.807, 2.05) is 11.0 Å². The van der Waals surface area contributed by atoms with Gasteiger partial charge in [-0.1, -0.05) is 47.8 Å². The Hall–Kier alpha value is -1.32. The van der Waals surface area contributed by atoms with Crippen molar-refractivity contribution >= 4 is 45.5 Å². The monoisotopic (exact) mass is 598 g/mol. The molecule has 0 aromatic heterocycles. The van der Waals surface area contributed by atoms with Crippen LogP contribution in [0.1, 0.15) is 64.7 Å². The number of hydrogen-bond acceptors (Lipinski definition) is 6. The van der Waals surface area contributed by atoms with Crippen LogP contribution in [0.2, 0.25) is 0 Å². The molecule has 9 heteroatoms.